The molecule has 0 aromatic heterocycles. The Balaban J connectivity index is 1.83. The summed E-state index contributed by atoms with van der Waals surface area (Å²) in [7, 11) is 0. The molecule has 0 bridgehead atoms. The van der Waals surface area contributed by atoms with Crippen LogP contribution >= 0.6 is 11.8 Å². The first-order chi connectivity index (χ1) is 8.04. The first kappa shape index (κ1) is 13.7. The van der Waals surface area contributed by atoms with Crippen LogP contribution in [0.25, 0.3) is 0 Å². The second-order valence-electron chi connectivity index (χ2n) is 6.16. The molecular formula is C14H27NOS. The summed E-state index contributed by atoms with van der Waals surface area (Å²) < 4.78 is 6.23. The molecule has 0 aromatic carbocycles. The SMILES string of the molecule is CCOC1CC(NCC(C)(C)SC)C12CCC2. The van der Waals surface area contributed by atoms with E-state index in [0.29, 0.717) is 22.3 Å². The van der Waals surface area contributed by atoms with Crippen LogP contribution in [0, 0.1) is 5.41 Å². The third-order valence-corrected chi connectivity index (χ3v) is 6.01. The van der Waals surface area contributed by atoms with E-state index >= 15 is 0 Å². The molecule has 2 unspecified atom stereocenters. The van der Waals surface area contributed by atoms with Gasteiger partial charge in [-0.05, 0) is 46.3 Å². The van der Waals surface area contributed by atoms with Crippen molar-refractivity contribution in [3.8, 4) is 0 Å². The fraction of sp³-hybridized carbons (Fsp3) is 1.00. The maximum Gasteiger partial charge on any atom is 0.0661 e. The highest BCUT2D eigenvalue weighted by atomic mass is 32.2. The van der Waals surface area contributed by atoms with Gasteiger partial charge < -0.3 is 10.1 Å². The molecule has 2 aliphatic rings. The molecule has 17 heavy (non-hydrogen) atoms. The van der Waals surface area contributed by atoms with Gasteiger partial charge in [-0.1, -0.05) is 6.42 Å². The van der Waals surface area contributed by atoms with E-state index in [4.69, 9.17) is 4.74 Å². The predicted octanol–water partition coefficient (Wildman–Crippen LogP) is 3.07. The summed E-state index contributed by atoms with van der Waals surface area (Å²) >= 11 is 1.95. The van der Waals surface area contributed by atoms with Crippen LogP contribution in [-0.4, -0.2) is 36.3 Å². The predicted molar refractivity (Wildman–Crippen MR) is 75.7 cm³/mol. The van der Waals surface area contributed by atoms with Crippen molar-refractivity contribution in [3.63, 3.8) is 0 Å². The quantitative estimate of drug-likeness (QED) is 0.790. The molecule has 0 heterocycles. The van der Waals surface area contributed by atoms with Crippen molar-refractivity contribution in [3.05, 3.63) is 0 Å². The van der Waals surface area contributed by atoms with Crippen LogP contribution in [-0.2, 0) is 4.74 Å². The van der Waals surface area contributed by atoms with Crippen LogP contribution in [0.4, 0.5) is 0 Å². The molecule has 2 nitrogen and oxygen atoms in total. The van der Waals surface area contributed by atoms with Crippen LogP contribution in [0.2, 0.25) is 0 Å². The first-order valence-electron chi connectivity index (χ1n) is 6.94. The molecule has 2 aliphatic carbocycles. The van der Waals surface area contributed by atoms with Gasteiger partial charge in [0.1, 0.15) is 0 Å². The molecule has 2 rings (SSSR count). The molecule has 0 saturated heterocycles. The Hall–Kier alpha value is 0.270. The maximum absolute atomic E-state index is 5.88. The smallest absolute Gasteiger partial charge is 0.0661 e. The molecule has 2 atom stereocenters. The summed E-state index contributed by atoms with van der Waals surface area (Å²) in [6.07, 6.45) is 8.09. The van der Waals surface area contributed by atoms with Gasteiger partial charge in [0.2, 0.25) is 0 Å². The Morgan fingerprint density at radius 2 is 2.12 bits per heavy atom. The van der Waals surface area contributed by atoms with Gasteiger partial charge in [-0.15, -0.1) is 0 Å². The van der Waals surface area contributed by atoms with Gasteiger partial charge >= 0.3 is 0 Å². The Morgan fingerprint density at radius 3 is 2.59 bits per heavy atom. The fourth-order valence-electron chi connectivity index (χ4n) is 3.17. The molecule has 2 saturated carbocycles. The van der Waals surface area contributed by atoms with Gasteiger partial charge in [0, 0.05) is 29.4 Å². The number of ether oxygens (including phenoxy) is 1. The van der Waals surface area contributed by atoms with Crippen molar-refractivity contribution in [2.24, 2.45) is 5.41 Å². The van der Waals surface area contributed by atoms with Crippen molar-refractivity contribution in [1.82, 2.24) is 5.32 Å². The van der Waals surface area contributed by atoms with Crippen LogP contribution < -0.4 is 5.32 Å². The normalized spacial score (nSPS) is 31.1. The van der Waals surface area contributed by atoms with Crippen molar-refractivity contribution in [2.45, 2.75) is 63.3 Å². The number of hydrogen-bond donors (Lipinski definition) is 1. The molecule has 0 aliphatic heterocycles. The van der Waals surface area contributed by atoms with Crippen molar-refractivity contribution < 1.29 is 4.74 Å². The van der Waals surface area contributed by atoms with Crippen LogP contribution in [0.3, 0.4) is 0 Å². The Labute approximate surface area is 110 Å². The zero-order valence-electron chi connectivity index (χ0n) is 11.7. The largest absolute Gasteiger partial charge is 0.378 e. The van der Waals surface area contributed by atoms with Crippen LogP contribution in [0.5, 0.6) is 0 Å². The lowest BCUT2D eigenvalue weighted by Crippen LogP contribution is -2.67. The lowest BCUT2D eigenvalue weighted by Gasteiger charge is -2.61. The standard InChI is InChI=1S/C14H27NOS/c1-5-16-12-9-11(14(12)7-6-8-14)15-10-13(2,3)17-4/h11-12,15H,5-10H2,1-4H3. The van der Waals surface area contributed by atoms with E-state index in [2.05, 4.69) is 32.3 Å². The molecule has 1 N–H and O–H groups in total. The lowest BCUT2D eigenvalue weighted by atomic mass is 9.51. The number of nitrogens with one attached hydrogen (secondary N) is 1. The van der Waals surface area contributed by atoms with Gasteiger partial charge in [0.05, 0.1) is 6.10 Å². The summed E-state index contributed by atoms with van der Waals surface area (Å²) in [5, 5.41) is 3.79. The number of hydrogen-bond acceptors (Lipinski definition) is 3. The topological polar surface area (TPSA) is 21.3 Å². The van der Waals surface area contributed by atoms with Crippen molar-refractivity contribution >= 4 is 11.8 Å². The minimum atomic E-state index is 0.349. The summed E-state index contributed by atoms with van der Waals surface area (Å²) in [5.74, 6) is 0. The van der Waals surface area contributed by atoms with E-state index in [1.54, 1.807) is 0 Å². The summed E-state index contributed by atoms with van der Waals surface area (Å²) in [6.45, 7) is 8.73. The summed E-state index contributed by atoms with van der Waals surface area (Å²) in [4.78, 5) is 0. The molecule has 0 amide bonds. The van der Waals surface area contributed by atoms with Gasteiger partial charge in [-0.2, -0.15) is 11.8 Å². The molecule has 0 radical (unpaired) electrons. The Bertz CT molecular complexity index is 263. The highest BCUT2D eigenvalue weighted by molar-refractivity contribution is 7.99. The van der Waals surface area contributed by atoms with Gasteiger partial charge in [0.25, 0.3) is 0 Å². The summed E-state index contributed by atoms with van der Waals surface area (Å²) in [5.41, 5.74) is 0.504. The zero-order valence-corrected chi connectivity index (χ0v) is 12.5. The molecular weight excluding hydrogens is 230 g/mol. The lowest BCUT2D eigenvalue weighted by molar-refractivity contribution is -0.172. The minimum Gasteiger partial charge on any atom is -0.378 e. The Kier molecular flexibility index (Phi) is 4.11. The van der Waals surface area contributed by atoms with E-state index in [1.807, 2.05) is 11.8 Å². The zero-order chi connectivity index (χ0) is 12.5. The van der Waals surface area contributed by atoms with E-state index in [9.17, 15) is 0 Å². The third kappa shape index (κ3) is 2.52. The highest BCUT2D eigenvalue weighted by Gasteiger charge is 2.58. The average Bonchev–Trinajstić information content (AvgIpc) is 2.20. The van der Waals surface area contributed by atoms with Gasteiger partial charge in [-0.3, -0.25) is 0 Å². The molecule has 1 spiro atoms. The molecule has 3 heteroatoms. The van der Waals surface area contributed by atoms with E-state index < -0.39 is 0 Å². The number of rotatable bonds is 6. The van der Waals surface area contributed by atoms with E-state index in [0.717, 1.165) is 13.2 Å². The van der Waals surface area contributed by atoms with E-state index in [-0.39, 0.29) is 0 Å². The molecule has 0 aromatic rings. The molecule has 2 fully saturated rings. The van der Waals surface area contributed by atoms with E-state index in [1.165, 1.54) is 25.7 Å². The highest BCUT2D eigenvalue weighted by Crippen LogP contribution is 2.57. The van der Waals surface area contributed by atoms with Crippen LogP contribution in [0.1, 0.15) is 46.5 Å². The maximum atomic E-state index is 5.88. The number of thioether (sulfide) groups is 1. The third-order valence-electron chi connectivity index (χ3n) is 4.76. The monoisotopic (exact) mass is 257 g/mol. The van der Waals surface area contributed by atoms with Crippen molar-refractivity contribution in [2.75, 3.05) is 19.4 Å². The first-order valence-corrected chi connectivity index (χ1v) is 8.17. The fourth-order valence-corrected chi connectivity index (χ4v) is 3.39. The van der Waals surface area contributed by atoms with Crippen molar-refractivity contribution in [1.29, 1.82) is 0 Å². The summed E-state index contributed by atoms with van der Waals surface area (Å²) in [6, 6.07) is 0.708. The second kappa shape index (κ2) is 5.10. The average molecular weight is 257 g/mol. The minimum absolute atomic E-state index is 0.349. The Morgan fingerprint density at radius 1 is 1.41 bits per heavy atom. The second-order valence-corrected chi connectivity index (χ2v) is 7.68. The van der Waals surface area contributed by atoms with Crippen LogP contribution in [0.15, 0.2) is 0 Å². The van der Waals surface area contributed by atoms with Gasteiger partial charge in [0.15, 0.2) is 0 Å². The van der Waals surface area contributed by atoms with Gasteiger partial charge in [-0.25, -0.2) is 0 Å². The molecule has 100 valence electrons.